The number of para-hydroxylation sites is 2. The third-order valence-electron chi connectivity index (χ3n) is 4.53. The van der Waals surface area contributed by atoms with E-state index in [0.717, 1.165) is 11.4 Å². The molecular formula is C25H21N3O4S. The second-order valence-corrected chi connectivity index (χ2v) is 8.57. The van der Waals surface area contributed by atoms with Crippen LogP contribution in [0.25, 0.3) is 0 Å². The number of hydrogen-bond donors (Lipinski definition) is 3. The van der Waals surface area contributed by atoms with Crippen molar-refractivity contribution >= 4 is 38.9 Å². The maximum absolute atomic E-state index is 12.7. The Morgan fingerprint density at radius 1 is 0.606 bits per heavy atom. The van der Waals surface area contributed by atoms with Gasteiger partial charge in [-0.2, -0.15) is 8.42 Å². The van der Waals surface area contributed by atoms with Gasteiger partial charge >= 0.3 is 16.1 Å². The minimum atomic E-state index is -4.05. The lowest BCUT2D eigenvalue weighted by Gasteiger charge is -2.11. The topological polar surface area (TPSA) is 96.5 Å². The molecule has 0 fully saturated rings. The first-order valence-electron chi connectivity index (χ1n) is 10.1. The van der Waals surface area contributed by atoms with E-state index >= 15 is 0 Å². The zero-order chi connectivity index (χ0) is 23.1. The summed E-state index contributed by atoms with van der Waals surface area (Å²) in [6, 6.07) is 30.5. The van der Waals surface area contributed by atoms with E-state index in [1.54, 1.807) is 48.5 Å². The zero-order valence-electron chi connectivity index (χ0n) is 17.4. The van der Waals surface area contributed by atoms with Crippen molar-refractivity contribution < 1.29 is 17.4 Å². The van der Waals surface area contributed by atoms with E-state index in [1.807, 2.05) is 36.4 Å². The third-order valence-corrected chi connectivity index (χ3v) is 5.80. The van der Waals surface area contributed by atoms with Crippen molar-refractivity contribution in [3.8, 4) is 5.75 Å². The smallest absolute Gasteiger partial charge is 0.339 e. The highest BCUT2D eigenvalue weighted by Gasteiger charge is 2.17. The molecule has 7 nitrogen and oxygen atoms in total. The highest BCUT2D eigenvalue weighted by Crippen LogP contribution is 2.24. The minimum Gasteiger partial charge on any atom is -0.379 e. The van der Waals surface area contributed by atoms with Gasteiger partial charge in [-0.15, -0.1) is 0 Å². The molecule has 4 aromatic rings. The summed E-state index contributed by atoms with van der Waals surface area (Å²) in [7, 11) is -4.05. The first-order valence-corrected chi connectivity index (χ1v) is 11.5. The molecule has 4 rings (SSSR count). The monoisotopic (exact) mass is 459 g/mol. The van der Waals surface area contributed by atoms with Crippen LogP contribution in [-0.2, 0) is 10.1 Å². The Labute approximate surface area is 192 Å². The molecule has 8 heteroatoms. The molecule has 3 N–H and O–H groups in total. The fraction of sp³-hybridized carbons (Fsp3) is 0. The molecule has 0 atom stereocenters. The molecule has 0 radical (unpaired) electrons. The van der Waals surface area contributed by atoms with E-state index in [9.17, 15) is 13.2 Å². The Morgan fingerprint density at radius 2 is 1.15 bits per heavy atom. The Morgan fingerprint density at radius 3 is 1.82 bits per heavy atom. The Hall–Kier alpha value is -4.30. The molecule has 0 heterocycles. The molecule has 0 aliphatic carbocycles. The van der Waals surface area contributed by atoms with Gasteiger partial charge in [0.1, 0.15) is 10.6 Å². The van der Waals surface area contributed by atoms with E-state index < -0.39 is 16.1 Å². The van der Waals surface area contributed by atoms with E-state index in [4.69, 9.17) is 4.18 Å². The molecule has 166 valence electrons. The van der Waals surface area contributed by atoms with Crippen LogP contribution in [-0.4, -0.2) is 14.4 Å². The lowest BCUT2D eigenvalue weighted by Crippen LogP contribution is -2.19. The number of benzene rings is 4. The first kappa shape index (κ1) is 21.9. The Kier molecular flexibility index (Phi) is 6.56. The lowest BCUT2D eigenvalue weighted by molar-refractivity contribution is 0.262. The van der Waals surface area contributed by atoms with Gasteiger partial charge in [-0.05, 0) is 60.7 Å². The molecule has 0 bridgehead atoms. The lowest BCUT2D eigenvalue weighted by atomic mass is 10.3. The standard InChI is InChI=1S/C25H21N3O4S/c29-25(27-20-10-5-2-6-11-20)28-22-12-7-13-23(18-22)32-33(30,31)24-16-14-21(15-17-24)26-19-8-3-1-4-9-19/h1-18,26H,(H2,27,28,29). The summed E-state index contributed by atoms with van der Waals surface area (Å²) in [6.07, 6.45) is 0. The molecule has 0 saturated heterocycles. The van der Waals surface area contributed by atoms with Crippen LogP contribution in [0.3, 0.4) is 0 Å². The van der Waals surface area contributed by atoms with Gasteiger partial charge in [-0.3, -0.25) is 0 Å². The Balaban J connectivity index is 1.41. The van der Waals surface area contributed by atoms with Gasteiger partial charge in [0.2, 0.25) is 0 Å². The number of nitrogens with one attached hydrogen (secondary N) is 3. The van der Waals surface area contributed by atoms with Crippen LogP contribution in [0.15, 0.2) is 114 Å². The summed E-state index contributed by atoms with van der Waals surface area (Å²) in [6.45, 7) is 0. The van der Waals surface area contributed by atoms with E-state index in [0.29, 0.717) is 11.4 Å². The minimum absolute atomic E-state index is 0.0151. The largest absolute Gasteiger partial charge is 0.379 e. The molecule has 0 unspecified atom stereocenters. The number of hydrogen-bond acceptors (Lipinski definition) is 5. The quantitative estimate of drug-likeness (QED) is 0.302. The summed E-state index contributed by atoms with van der Waals surface area (Å²) in [5.74, 6) is 0.0824. The third kappa shape index (κ3) is 6.11. The summed E-state index contributed by atoms with van der Waals surface area (Å²) in [5, 5.41) is 8.54. The fourth-order valence-corrected chi connectivity index (χ4v) is 3.93. The highest BCUT2D eigenvalue weighted by molar-refractivity contribution is 7.87. The second kappa shape index (κ2) is 9.88. The van der Waals surface area contributed by atoms with Crippen molar-refractivity contribution in [2.75, 3.05) is 16.0 Å². The molecule has 0 saturated carbocycles. The molecule has 4 aromatic carbocycles. The average Bonchev–Trinajstić information content (AvgIpc) is 2.81. The number of carbonyl (C=O) groups is 1. The SMILES string of the molecule is O=C(Nc1ccccc1)Nc1cccc(OS(=O)(=O)c2ccc(Nc3ccccc3)cc2)c1. The molecule has 0 spiro atoms. The van der Waals surface area contributed by atoms with Crippen LogP contribution >= 0.6 is 0 Å². The van der Waals surface area contributed by atoms with Gasteiger partial charge < -0.3 is 20.1 Å². The predicted octanol–water partition coefficient (Wildman–Crippen LogP) is 5.84. The fourth-order valence-electron chi connectivity index (χ4n) is 3.01. The van der Waals surface area contributed by atoms with Crippen molar-refractivity contribution in [2.45, 2.75) is 4.90 Å². The molecule has 2 amide bonds. The van der Waals surface area contributed by atoms with Gasteiger partial charge in [0.05, 0.1) is 0 Å². The van der Waals surface area contributed by atoms with Crippen LogP contribution < -0.4 is 20.1 Å². The number of anilines is 4. The molecule has 0 aromatic heterocycles. The van der Waals surface area contributed by atoms with Crippen LogP contribution in [0.4, 0.5) is 27.5 Å². The highest BCUT2D eigenvalue weighted by atomic mass is 32.2. The van der Waals surface area contributed by atoms with E-state index in [2.05, 4.69) is 16.0 Å². The van der Waals surface area contributed by atoms with Gasteiger partial charge in [0, 0.05) is 28.8 Å². The number of amides is 2. The zero-order valence-corrected chi connectivity index (χ0v) is 18.3. The van der Waals surface area contributed by atoms with Crippen molar-refractivity contribution in [1.82, 2.24) is 0 Å². The predicted molar refractivity (Wildman–Crippen MR) is 130 cm³/mol. The van der Waals surface area contributed by atoms with Gasteiger partial charge in [-0.1, -0.05) is 42.5 Å². The summed E-state index contributed by atoms with van der Waals surface area (Å²) >= 11 is 0. The summed E-state index contributed by atoms with van der Waals surface area (Å²) in [4.78, 5) is 12.2. The van der Waals surface area contributed by atoms with E-state index in [1.165, 1.54) is 24.3 Å². The van der Waals surface area contributed by atoms with Gasteiger partial charge in [0.25, 0.3) is 0 Å². The van der Waals surface area contributed by atoms with Crippen molar-refractivity contribution in [2.24, 2.45) is 0 Å². The van der Waals surface area contributed by atoms with E-state index in [-0.39, 0.29) is 10.6 Å². The summed E-state index contributed by atoms with van der Waals surface area (Å²) < 4.78 is 30.7. The van der Waals surface area contributed by atoms with Crippen molar-refractivity contribution in [3.05, 3.63) is 109 Å². The molecule has 0 aliphatic heterocycles. The maximum atomic E-state index is 12.7. The van der Waals surface area contributed by atoms with Gasteiger partial charge in [-0.25, -0.2) is 4.79 Å². The van der Waals surface area contributed by atoms with Crippen molar-refractivity contribution in [1.29, 1.82) is 0 Å². The normalized spacial score (nSPS) is 10.8. The average molecular weight is 460 g/mol. The number of urea groups is 1. The van der Waals surface area contributed by atoms with Crippen LogP contribution in [0.2, 0.25) is 0 Å². The second-order valence-electron chi connectivity index (χ2n) is 7.03. The molecular weight excluding hydrogens is 438 g/mol. The first-order chi connectivity index (χ1) is 16.0. The maximum Gasteiger partial charge on any atom is 0.339 e. The van der Waals surface area contributed by atoms with Crippen molar-refractivity contribution in [3.63, 3.8) is 0 Å². The molecule has 33 heavy (non-hydrogen) atoms. The number of rotatable bonds is 7. The number of carbonyl (C=O) groups excluding carboxylic acids is 1. The van der Waals surface area contributed by atoms with Crippen LogP contribution in [0, 0.1) is 0 Å². The molecule has 0 aliphatic rings. The van der Waals surface area contributed by atoms with Gasteiger partial charge in [0.15, 0.2) is 0 Å². The van der Waals surface area contributed by atoms with Crippen LogP contribution in [0.1, 0.15) is 0 Å². The summed E-state index contributed by atoms with van der Waals surface area (Å²) in [5.41, 5.74) is 2.66. The Bertz CT molecular complexity index is 1330. The van der Waals surface area contributed by atoms with Crippen LogP contribution in [0.5, 0.6) is 5.75 Å².